The van der Waals surface area contributed by atoms with Gasteiger partial charge in [-0.25, -0.2) is 4.40 Å². The number of benzene rings is 6. The van der Waals surface area contributed by atoms with E-state index in [9.17, 15) is 9.59 Å². The van der Waals surface area contributed by atoms with Crippen molar-refractivity contribution in [2.24, 2.45) is 0 Å². The van der Waals surface area contributed by atoms with Gasteiger partial charge in [0.15, 0.2) is 0 Å². The second-order valence-electron chi connectivity index (χ2n) is 12.1. The maximum atomic E-state index is 13.8. The first kappa shape index (κ1) is 27.8. The highest BCUT2D eigenvalue weighted by molar-refractivity contribution is 6.19. The average Bonchev–Trinajstić information content (AvgIpc) is 3.24. The Labute approximate surface area is 275 Å². The van der Waals surface area contributed by atoms with Crippen LogP contribution in [0.5, 0.6) is 0 Å². The second kappa shape index (κ2) is 11.1. The molecular weight excluding hydrogens is 588 g/mol. The molecule has 0 amide bonds. The quantitative estimate of drug-likeness (QED) is 0.146. The van der Waals surface area contributed by atoms with E-state index >= 15 is 0 Å². The van der Waals surface area contributed by atoms with Gasteiger partial charge in [-0.15, -0.1) is 0 Å². The molecular formula is C44H28N2O2. The van der Waals surface area contributed by atoms with Gasteiger partial charge in [-0.05, 0) is 93.0 Å². The summed E-state index contributed by atoms with van der Waals surface area (Å²) in [5, 5.41) is 5.55. The summed E-state index contributed by atoms with van der Waals surface area (Å²) in [5.74, 6) is 0. The van der Waals surface area contributed by atoms with Crippen molar-refractivity contribution in [2.75, 3.05) is 0 Å². The molecule has 226 valence electrons. The third-order valence-corrected chi connectivity index (χ3v) is 9.35. The van der Waals surface area contributed by atoms with E-state index in [1.807, 2.05) is 60.7 Å². The van der Waals surface area contributed by atoms with Crippen LogP contribution < -0.4 is 11.1 Å². The fraction of sp³-hybridized carbons (Fsp3) is 0. The van der Waals surface area contributed by atoms with Crippen molar-refractivity contribution in [3.05, 3.63) is 191 Å². The second-order valence-corrected chi connectivity index (χ2v) is 12.1. The van der Waals surface area contributed by atoms with Gasteiger partial charge >= 0.3 is 0 Å². The van der Waals surface area contributed by atoms with Gasteiger partial charge in [-0.3, -0.25) is 9.59 Å². The maximum Gasteiger partial charge on any atom is 0.266 e. The molecule has 0 bridgehead atoms. The van der Waals surface area contributed by atoms with Crippen LogP contribution in [0.2, 0.25) is 0 Å². The van der Waals surface area contributed by atoms with E-state index in [1.54, 1.807) is 0 Å². The first-order valence-electron chi connectivity index (χ1n) is 16.0. The van der Waals surface area contributed by atoms with Crippen molar-refractivity contribution in [1.29, 1.82) is 0 Å². The lowest BCUT2D eigenvalue weighted by atomic mass is 9.95. The zero-order valence-corrected chi connectivity index (χ0v) is 25.9. The van der Waals surface area contributed by atoms with Crippen LogP contribution >= 0.6 is 0 Å². The molecule has 9 aromatic rings. The molecule has 0 radical (unpaired) electrons. The molecule has 0 aliphatic heterocycles. The van der Waals surface area contributed by atoms with Crippen LogP contribution in [0.3, 0.4) is 0 Å². The van der Waals surface area contributed by atoms with Gasteiger partial charge < -0.3 is 4.57 Å². The largest absolute Gasteiger partial charge is 0.317 e. The molecule has 0 N–H and O–H groups in total. The summed E-state index contributed by atoms with van der Waals surface area (Å²) in [6.45, 7) is 0. The Hall–Kier alpha value is -6.52. The van der Waals surface area contributed by atoms with Crippen LogP contribution in [-0.4, -0.2) is 8.97 Å². The normalized spacial score (nSPS) is 11.5. The van der Waals surface area contributed by atoms with E-state index in [4.69, 9.17) is 0 Å². The molecule has 0 atom stereocenters. The van der Waals surface area contributed by atoms with Crippen LogP contribution in [0.4, 0.5) is 0 Å². The van der Waals surface area contributed by atoms with Crippen molar-refractivity contribution < 1.29 is 0 Å². The molecule has 3 heterocycles. The standard InChI is InChI=1S/C44H28N2O2/c47-43-37-19-9-7-17-35(37)39-27-33(28-40-36-18-8-10-20-38(36)44(48)46(43)42(39)40)30-14-11-25-45(34-15-5-2-6-16-34)41-24-23-31(26-32(41)22-21-30)29-12-3-1-4-13-29/h1-28H. The fourth-order valence-electron chi connectivity index (χ4n) is 7.07. The number of nitrogens with zero attached hydrogens (tertiary/aromatic N) is 2. The first-order chi connectivity index (χ1) is 23.7. The van der Waals surface area contributed by atoms with Gasteiger partial charge in [0.1, 0.15) is 0 Å². The van der Waals surface area contributed by atoms with Crippen molar-refractivity contribution in [2.45, 2.75) is 0 Å². The van der Waals surface area contributed by atoms with E-state index in [0.717, 1.165) is 60.4 Å². The molecule has 9 rings (SSSR count). The predicted molar refractivity (Wildman–Crippen MR) is 199 cm³/mol. The van der Waals surface area contributed by atoms with Crippen LogP contribution in [-0.2, 0) is 0 Å². The average molecular weight is 617 g/mol. The molecule has 0 saturated carbocycles. The molecule has 0 unspecified atom stereocenters. The molecule has 0 aliphatic rings. The number of fused-ring (bicyclic) bond motifs is 5. The molecule has 4 heteroatoms. The summed E-state index contributed by atoms with van der Waals surface area (Å²) in [7, 11) is 0. The Kier molecular flexibility index (Phi) is 6.41. The number of aromatic nitrogens is 2. The van der Waals surface area contributed by atoms with Gasteiger partial charge in [-0.2, -0.15) is 0 Å². The smallest absolute Gasteiger partial charge is 0.266 e. The van der Waals surface area contributed by atoms with Gasteiger partial charge in [0.25, 0.3) is 11.1 Å². The molecule has 4 nitrogen and oxygen atoms in total. The minimum atomic E-state index is -0.289. The topological polar surface area (TPSA) is 43.5 Å². The zero-order valence-electron chi connectivity index (χ0n) is 25.9. The Balaban J connectivity index is 1.39. The maximum absolute atomic E-state index is 13.8. The van der Waals surface area contributed by atoms with Crippen LogP contribution in [0.1, 0.15) is 0 Å². The van der Waals surface area contributed by atoms with Crippen molar-refractivity contribution in [3.8, 4) is 27.9 Å². The molecule has 0 aliphatic carbocycles. The summed E-state index contributed by atoms with van der Waals surface area (Å²) in [6.07, 6.45) is 2.11. The minimum absolute atomic E-state index is 0.289. The van der Waals surface area contributed by atoms with Gasteiger partial charge in [0.2, 0.25) is 0 Å². The number of hydrogen-bond donors (Lipinski definition) is 0. The molecule has 48 heavy (non-hydrogen) atoms. The van der Waals surface area contributed by atoms with Gasteiger partial charge in [0, 0.05) is 33.4 Å². The SMILES string of the molecule is O=c1c2ccccc2c2cc(-c3cccn(-c4ccccc4)c4ccc(-c5ccccc5)cc4cc3)cc3c4ccccc4c(=O)n1c23. The number of rotatable bonds is 3. The van der Waals surface area contributed by atoms with E-state index in [2.05, 4.69) is 114 Å². The number of pyridine rings is 2. The van der Waals surface area contributed by atoms with Crippen molar-refractivity contribution in [1.82, 2.24) is 8.97 Å². The van der Waals surface area contributed by atoms with Crippen molar-refractivity contribution in [3.63, 3.8) is 0 Å². The van der Waals surface area contributed by atoms with E-state index in [0.29, 0.717) is 16.3 Å². The highest BCUT2D eigenvalue weighted by Gasteiger charge is 2.18. The number of hydrogen-bond acceptors (Lipinski definition) is 2. The Morgan fingerprint density at radius 2 is 0.896 bits per heavy atom. The molecule has 3 aromatic heterocycles. The van der Waals surface area contributed by atoms with E-state index in [-0.39, 0.29) is 11.1 Å². The molecule has 6 aromatic carbocycles. The van der Waals surface area contributed by atoms with Gasteiger partial charge in [-0.1, -0.05) is 109 Å². The van der Waals surface area contributed by atoms with E-state index in [1.165, 1.54) is 4.40 Å². The summed E-state index contributed by atoms with van der Waals surface area (Å²) >= 11 is 0. The van der Waals surface area contributed by atoms with E-state index < -0.39 is 0 Å². The lowest BCUT2D eigenvalue weighted by Gasteiger charge is -2.14. The Morgan fingerprint density at radius 1 is 0.375 bits per heavy atom. The first-order valence-corrected chi connectivity index (χ1v) is 16.0. The molecule has 0 saturated heterocycles. The fourth-order valence-corrected chi connectivity index (χ4v) is 7.07. The predicted octanol–water partition coefficient (Wildman–Crippen LogP) is 9.96. The van der Waals surface area contributed by atoms with Crippen LogP contribution in [0.15, 0.2) is 180 Å². The third kappa shape index (κ3) is 4.38. The van der Waals surface area contributed by atoms with Crippen LogP contribution in [0.25, 0.3) is 76.7 Å². The highest BCUT2D eigenvalue weighted by Crippen LogP contribution is 2.35. The van der Waals surface area contributed by atoms with Gasteiger partial charge in [0.05, 0.1) is 11.0 Å². The summed E-state index contributed by atoms with van der Waals surface area (Å²) in [6, 6.07) is 55.3. The van der Waals surface area contributed by atoms with Crippen LogP contribution in [0, 0.1) is 0 Å². The summed E-state index contributed by atoms with van der Waals surface area (Å²) in [4.78, 5) is 27.6. The van der Waals surface area contributed by atoms with Crippen molar-refractivity contribution >= 4 is 48.7 Å². The third-order valence-electron chi connectivity index (χ3n) is 9.35. The molecule has 0 spiro atoms. The monoisotopic (exact) mass is 616 g/mol. The Bertz CT molecular complexity index is 2770. The Morgan fingerprint density at radius 3 is 1.54 bits per heavy atom. The number of para-hydroxylation sites is 1. The summed E-state index contributed by atoms with van der Waals surface area (Å²) < 4.78 is 3.58. The molecule has 0 fully saturated rings. The minimum Gasteiger partial charge on any atom is -0.317 e. The highest BCUT2D eigenvalue weighted by atomic mass is 16.2. The lowest BCUT2D eigenvalue weighted by Crippen LogP contribution is -2.27. The summed E-state index contributed by atoms with van der Waals surface area (Å²) in [5.41, 5.74) is 6.51. The lowest BCUT2D eigenvalue weighted by molar-refractivity contribution is 1.09. The zero-order chi connectivity index (χ0) is 32.2.